The van der Waals surface area contributed by atoms with E-state index in [4.69, 9.17) is 14.7 Å². The normalized spacial score (nSPS) is 9.23. The van der Waals surface area contributed by atoms with E-state index in [0.717, 1.165) is 0 Å². The Kier molecular flexibility index (Phi) is 3.74. The summed E-state index contributed by atoms with van der Waals surface area (Å²) in [4.78, 5) is 3.81. The Bertz CT molecular complexity index is 307. The zero-order chi connectivity index (χ0) is 9.52. The molecule has 0 aliphatic heterocycles. The molecule has 0 atom stereocenters. The lowest BCUT2D eigenvalue weighted by Gasteiger charge is -2.04. The van der Waals surface area contributed by atoms with Gasteiger partial charge in [0, 0.05) is 19.4 Å². The van der Waals surface area contributed by atoms with Gasteiger partial charge in [0.15, 0.2) is 0 Å². The topological polar surface area (TPSA) is 55.1 Å². The first-order chi connectivity index (χ1) is 6.36. The summed E-state index contributed by atoms with van der Waals surface area (Å²) in [7, 11) is 1.61. The van der Waals surface area contributed by atoms with Gasteiger partial charge in [-0.1, -0.05) is 0 Å². The fraction of sp³-hybridized carbons (Fsp3) is 0.333. The minimum Gasteiger partial charge on any atom is -0.491 e. The van der Waals surface area contributed by atoms with Crippen LogP contribution >= 0.6 is 0 Å². The molecule has 0 N–H and O–H groups in total. The van der Waals surface area contributed by atoms with Gasteiger partial charge in [-0.05, 0) is 6.07 Å². The van der Waals surface area contributed by atoms with Crippen molar-refractivity contribution in [3.05, 3.63) is 24.0 Å². The van der Waals surface area contributed by atoms with Crippen LogP contribution < -0.4 is 4.74 Å². The van der Waals surface area contributed by atoms with Crippen LogP contribution in [0.3, 0.4) is 0 Å². The third-order valence-corrected chi connectivity index (χ3v) is 1.40. The molecule has 0 aliphatic rings. The number of aromatic nitrogens is 1. The molecule has 0 aromatic carbocycles. The van der Waals surface area contributed by atoms with Gasteiger partial charge in [0.25, 0.3) is 0 Å². The molecule has 1 aromatic heterocycles. The minimum absolute atomic E-state index is 0.356. The molecule has 0 aliphatic carbocycles. The highest BCUT2D eigenvalue weighted by molar-refractivity contribution is 5.29. The van der Waals surface area contributed by atoms with Crippen molar-refractivity contribution in [2.75, 3.05) is 20.3 Å². The molecular weight excluding hydrogens is 168 g/mol. The number of hydrogen-bond acceptors (Lipinski definition) is 4. The van der Waals surface area contributed by atoms with Crippen LogP contribution in [0.2, 0.25) is 0 Å². The Morgan fingerprint density at radius 1 is 1.54 bits per heavy atom. The van der Waals surface area contributed by atoms with Gasteiger partial charge in [-0.25, -0.2) is 4.98 Å². The van der Waals surface area contributed by atoms with E-state index in [0.29, 0.717) is 24.7 Å². The number of hydrogen-bond donors (Lipinski definition) is 0. The Morgan fingerprint density at radius 2 is 2.38 bits per heavy atom. The van der Waals surface area contributed by atoms with Gasteiger partial charge in [0.1, 0.15) is 24.1 Å². The van der Waals surface area contributed by atoms with Crippen molar-refractivity contribution in [2.24, 2.45) is 0 Å². The Morgan fingerprint density at radius 3 is 3.08 bits per heavy atom. The summed E-state index contributed by atoms with van der Waals surface area (Å²) < 4.78 is 10.1. The average Bonchev–Trinajstić information content (AvgIpc) is 2.19. The van der Waals surface area contributed by atoms with Gasteiger partial charge < -0.3 is 9.47 Å². The van der Waals surface area contributed by atoms with Crippen LogP contribution in [0.5, 0.6) is 5.75 Å². The van der Waals surface area contributed by atoms with Gasteiger partial charge in [0.05, 0.1) is 6.61 Å². The molecule has 4 nitrogen and oxygen atoms in total. The second kappa shape index (κ2) is 5.12. The number of ether oxygens (including phenoxy) is 2. The molecule has 4 heteroatoms. The summed E-state index contributed by atoms with van der Waals surface area (Å²) in [6.07, 6.45) is 1.54. The second-order valence-electron chi connectivity index (χ2n) is 2.33. The van der Waals surface area contributed by atoms with Crippen molar-refractivity contribution in [1.82, 2.24) is 4.98 Å². The van der Waals surface area contributed by atoms with Crippen molar-refractivity contribution >= 4 is 0 Å². The summed E-state index contributed by atoms with van der Waals surface area (Å²) in [5.74, 6) is 0.642. The van der Waals surface area contributed by atoms with E-state index < -0.39 is 0 Å². The molecule has 68 valence electrons. The molecule has 1 heterocycles. The highest BCUT2D eigenvalue weighted by Crippen LogP contribution is 2.09. The van der Waals surface area contributed by atoms with E-state index in [1.54, 1.807) is 25.4 Å². The van der Waals surface area contributed by atoms with Gasteiger partial charge in [-0.2, -0.15) is 5.26 Å². The SMILES string of the molecule is COCCOc1ccnc(C#N)c1. The van der Waals surface area contributed by atoms with Crippen LogP contribution in [0.25, 0.3) is 0 Å². The summed E-state index contributed by atoms with van der Waals surface area (Å²) in [6.45, 7) is 1.01. The lowest BCUT2D eigenvalue weighted by molar-refractivity contribution is 0.146. The van der Waals surface area contributed by atoms with Crippen LogP contribution in [0, 0.1) is 11.3 Å². The maximum absolute atomic E-state index is 8.54. The molecule has 1 aromatic rings. The molecule has 0 amide bonds. The largest absolute Gasteiger partial charge is 0.491 e. The van der Waals surface area contributed by atoms with E-state index in [1.807, 2.05) is 6.07 Å². The summed E-state index contributed by atoms with van der Waals surface area (Å²) in [5, 5.41) is 8.54. The molecule has 1 rings (SSSR count). The highest BCUT2D eigenvalue weighted by Gasteiger charge is 1.95. The van der Waals surface area contributed by atoms with Crippen molar-refractivity contribution in [3.63, 3.8) is 0 Å². The third kappa shape index (κ3) is 3.09. The van der Waals surface area contributed by atoms with E-state index >= 15 is 0 Å². The van der Waals surface area contributed by atoms with Crippen LogP contribution in [0.15, 0.2) is 18.3 Å². The molecule has 0 unspecified atom stereocenters. The zero-order valence-corrected chi connectivity index (χ0v) is 7.36. The van der Waals surface area contributed by atoms with Crippen LogP contribution in [0.4, 0.5) is 0 Å². The summed E-state index contributed by atoms with van der Waals surface area (Å²) in [6, 6.07) is 5.23. The zero-order valence-electron chi connectivity index (χ0n) is 7.36. The lowest BCUT2D eigenvalue weighted by Crippen LogP contribution is -2.04. The molecular formula is C9H10N2O2. The van der Waals surface area contributed by atoms with Crippen molar-refractivity contribution in [2.45, 2.75) is 0 Å². The maximum Gasteiger partial charge on any atom is 0.144 e. The average molecular weight is 178 g/mol. The molecule has 0 fully saturated rings. The number of rotatable bonds is 4. The second-order valence-corrected chi connectivity index (χ2v) is 2.33. The van der Waals surface area contributed by atoms with Crippen LogP contribution in [0.1, 0.15) is 5.69 Å². The fourth-order valence-electron chi connectivity index (χ4n) is 0.805. The lowest BCUT2D eigenvalue weighted by atomic mass is 10.3. The summed E-state index contributed by atoms with van der Waals surface area (Å²) >= 11 is 0. The molecule has 0 bridgehead atoms. The first-order valence-corrected chi connectivity index (χ1v) is 3.84. The Balaban J connectivity index is 2.52. The number of methoxy groups -OCH3 is 1. The van der Waals surface area contributed by atoms with Crippen molar-refractivity contribution < 1.29 is 9.47 Å². The molecule has 0 radical (unpaired) electrons. The van der Waals surface area contributed by atoms with E-state index in [2.05, 4.69) is 4.98 Å². The van der Waals surface area contributed by atoms with E-state index in [-0.39, 0.29) is 0 Å². The summed E-state index contributed by atoms with van der Waals surface area (Å²) in [5.41, 5.74) is 0.356. The van der Waals surface area contributed by atoms with Gasteiger partial charge in [0.2, 0.25) is 0 Å². The Labute approximate surface area is 76.7 Å². The number of pyridine rings is 1. The van der Waals surface area contributed by atoms with Crippen molar-refractivity contribution in [3.8, 4) is 11.8 Å². The van der Waals surface area contributed by atoms with Gasteiger partial charge in [-0.3, -0.25) is 0 Å². The molecule has 0 saturated carbocycles. The molecule has 13 heavy (non-hydrogen) atoms. The maximum atomic E-state index is 8.54. The van der Waals surface area contributed by atoms with Crippen molar-refractivity contribution in [1.29, 1.82) is 5.26 Å². The predicted molar refractivity (Wildman–Crippen MR) is 46.3 cm³/mol. The third-order valence-electron chi connectivity index (χ3n) is 1.40. The monoisotopic (exact) mass is 178 g/mol. The fourth-order valence-corrected chi connectivity index (χ4v) is 0.805. The molecule has 0 spiro atoms. The predicted octanol–water partition coefficient (Wildman–Crippen LogP) is 0.978. The number of nitriles is 1. The first-order valence-electron chi connectivity index (χ1n) is 3.84. The highest BCUT2D eigenvalue weighted by atomic mass is 16.5. The van der Waals surface area contributed by atoms with Gasteiger partial charge in [-0.15, -0.1) is 0 Å². The molecule has 0 saturated heterocycles. The standard InChI is InChI=1S/C9H10N2O2/c1-12-4-5-13-9-2-3-11-8(6-9)7-10/h2-3,6H,4-5H2,1H3. The minimum atomic E-state index is 0.356. The van der Waals surface area contributed by atoms with Crippen LogP contribution in [-0.2, 0) is 4.74 Å². The first kappa shape index (κ1) is 9.49. The van der Waals surface area contributed by atoms with Crippen LogP contribution in [-0.4, -0.2) is 25.3 Å². The smallest absolute Gasteiger partial charge is 0.144 e. The van der Waals surface area contributed by atoms with E-state index in [1.165, 1.54) is 0 Å². The quantitative estimate of drug-likeness (QED) is 0.645. The Hall–Kier alpha value is -1.60. The number of nitrogens with zero attached hydrogens (tertiary/aromatic N) is 2. The van der Waals surface area contributed by atoms with Gasteiger partial charge >= 0.3 is 0 Å². The van der Waals surface area contributed by atoms with E-state index in [9.17, 15) is 0 Å².